The van der Waals surface area contributed by atoms with Crippen LogP contribution in [-0.2, 0) is 18.7 Å². The lowest BCUT2D eigenvalue weighted by molar-refractivity contribution is 0.674. The first-order chi connectivity index (χ1) is 8.83. The van der Waals surface area contributed by atoms with Crippen LogP contribution in [0.25, 0.3) is 0 Å². The van der Waals surface area contributed by atoms with Crippen molar-refractivity contribution < 1.29 is 0 Å². The molecule has 1 fully saturated rings. The van der Waals surface area contributed by atoms with E-state index in [-0.39, 0.29) is 0 Å². The van der Waals surface area contributed by atoms with Gasteiger partial charge in [-0.15, -0.1) is 0 Å². The summed E-state index contributed by atoms with van der Waals surface area (Å²) < 4.78 is 0. The van der Waals surface area contributed by atoms with Crippen molar-refractivity contribution in [1.82, 2.24) is 15.3 Å². The maximum atomic E-state index is 4.69. The number of nitrogens with one attached hydrogen (secondary N) is 1. The Morgan fingerprint density at radius 2 is 2.22 bits per heavy atom. The molecular weight excluding hydrogens is 242 g/mol. The van der Waals surface area contributed by atoms with Crippen molar-refractivity contribution in [2.75, 3.05) is 5.75 Å². The van der Waals surface area contributed by atoms with Crippen LogP contribution in [0.2, 0.25) is 0 Å². The third-order valence-corrected chi connectivity index (χ3v) is 4.24. The van der Waals surface area contributed by atoms with Crippen LogP contribution >= 0.6 is 11.8 Å². The van der Waals surface area contributed by atoms with E-state index >= 15 is 0 Å². The van der Waals surface area contributed by atoms with Gasteiger partial charge in [-0.3, -0.25) is 0 Å². The monoisotopic (exact) mass is 265 g/mol. The summed E-state index contributed by atoms with van der Waals surface area (Å²) >= 11 is 1.92. The van der Waals surface area contributed by atoms with Gasteiger partial charge < -0.3 is 5.32 Å². The Bertz CT molecular complexity index is 377. The zero-order valence-corrected chi connectivity index (χ0v) is 12.2. The van der Waals surface area contributed by atoms with E-state index in [2.05, 4.69) is 29.1 Å². The second-order valence-electron chi connectivity index (χ2n) is 4.82. The summed E-state index contributed by atoms with van der Waals surface area (Å²) in [5.74, 6) is 3.12. The molecule has 1 aliphatic carbocycles. The van der Waals surface area contributed by atoms with E-state index in [1.54, 1.807) is 0 Å². The molecule has 1 saturated carbocycles. The number of rotatable bonds is 8. The molecule has 1 aliphatic rings. The lowest BCUT2D eigenvalue weighted by Crippen LogP contribution is -2.17. The summed E-state index contributed by atoms with van der Waals surface area (Å²) in [5.41, 5.74) is 2.49. The molecule has 3 nitrogen and oxygen atoms in total. The van der Waals surface area contributed by atoms with E-state index in [4.69, 9.17) is 0 Å². The number of aromatic nitrogens is 2. The number of hydrogen-bond donors (Lipinski definition) is 1. The zero-order chi connectivity index (χ0) is 12.8. The number of aryl methyl sites for hydroxylation is 1. The fraction of sp³-hybridized carbons (Fsp3) is 0.714. The van der Waals surface area contributed by atoms with Crippen LogP contribution in [-0.4, -0.2) is 21.8 Å². The molecule has 100 valence electrons. The lowest BCUT2D eigenvalue weighted by Gasteiger charge is -2.09. The van der Waals surface area contributed by atoms with Gasteiger partial charge in [0.1, 0.15) is 5.82 Å². The van der Waals surface area contributed by atoms with Crippen LogP contribution in [0.3, 0.4) is 0 Å². The molecule has 18 heavy (non-hydrogen) atoms. The molecule has 0 saturated heterocycles. The first-order valence-corrected chi connectivity index (χ1v) is 8.13. The molecule has 0 aromatic carbocycles. The minimum absolute atomic E-state index is 0.745. The van der Waals surface area contributed by atoms with Gasteiger partial charge in [-0.25, -0.2) is 9.97 Å². The summed E-state index contributed by atoms with van der Waals surface area (Å²) in [4.78, 5) is 9.17. The Morgan fingerprint density at radius 3 is 2.89 bits per heavy atom. The molecular formula is C14H23N3S. The smallest absolute Gasteiger partial charge is 0.138 e. The van der Waals surface area contributed by atoms with Gasteiger partial charge in [0.15, 0.2) is 0 Å². The first-order valence-electron chi connectivity index (χ1n) is 6.98. The Kier molecular flexibility index (Phi) is 5.45. The predicted molar refractivity (Wildman–Crippen MR) is 77.7 cm³/mol. The minimum Gasteiger partial charge on any atom is -0.310 e. The van der Waals surface area contributed by atoms with Crippen LogP contribution in [0.1, 0.15) is 50.2 Å². The molecule has 2 rings (SSSR count). The molecule has 1 aromatic rings. The Hall–Kier alpha value is -0.610. The average molecular weight is 265 g/mol. The van der Waals surface area contributed by atoms with Gasteiger partial charge >= 0.3 is 0 Å². The molecule has 0 unspecified atom stereocenters. The van der Waals surface area contributed by atoms with Crippen LogP contribution in [0.4, 0.5) is 0 Å². The number of nitrogens with zero attached hydrogens (tertiary/aromatic N) is 2. The Morgan fingerprint density at radius 1 is 1.39 bits per heavy atom. The maximum absolute atomic E-state index is 4.69. The van der Waals surface area contributed by atoms with Gasteiger partial charge in [0.2, 0.25) is 0 Å². The highest BCUT2D eigenvalue weighted by Crippen LogP contribution is 2.20. The second-order valence-corrected chi connectivity index (χ2v) is 5.92. The molecule has 4 heteroatoms. The van der Waals surface area contributed by atoms with E-state index in [0.29, 0.717) is 0 Å². The highest BCUT2D eigenvalue weighted by molar-refractivity contribution is 7.98. The summed E-state index contributed by atoms with van der Waals surface area (Å²) in [6.07, 6.45) is 6.88. The topological polar surface area (TPSA) is 37.8 Å². The van der Waals surface area contributed by atoms with E-state index in [0.717, 1.165) is 30.6 Å². The molecule has 1 N–H and O–H groups in total. The second kappa shape index (κ2) is 7.10. The molecule has 1 aromatic heterocycles. The third kappa shape index (κ3) is 4.25. The largest absolute Gasteiger partial charge is 0.310 e. The van der Waals surface area contributed by atoms with Gasteiger partial charge in [-0.05, 0) is 31.4 Å². The van der Waals surface area contributed by atoms with E-state index in [1.807, 2.05) is 18.0 Å². The van der Waals surface area contributed by atoms with Gasteiger partial charge in [-0.1, -0.05) is 13.8 Å². The quantitative estimate of drug-likeness (QED) is 0.733. The van der Waals surface area contributed by atoms with Gasteiger partial charge in [0, 0.05) is 30.0 Å². The molecule has 0 amide bonds. The van der Waals surface area contributed by atoms with Crippen molar-refractivity contribution in [1.29, 1.82) is 0 Å². The van der Waals surface area contributed by atoms with Crippen molar-refractivity contribution in [3.05, 3.63) is 23.3 Å². The highest BCUT2D eigenvalue weighted by Gasteiger charge is 2.20. The van der Waals surface area contributed by atoms with Crippen molar-refractivity contribution in [3.8, 4) is 0 Å². The van der Waals surface area contributed by atoms with Crippen molar-refractivity contribution in [2.45, 2.75) is 57.9 Å². The van der Waals surface area contributed by atoms with E-state index in [9.17, 15) is 0 Å². The standard InChI is InChI=1S/C14H23N3S/c1-3-7-18-10-14-16-9-11(13(4-2)17-14)8-15-12-5-6-12/h9,12,15H,3-8,10H2,1-2H3. The third-order valence-electron chi connectivity index (χ3n) is 3.08. The summed E-state index contributed by atoms with van der Waals surface area (Å²) in [5, 5.41) is 3.53. The summed E-state index contributed by atoms with van der Waals surface area (Å²) in [7, 11) is 0. The van der Waals surface area contributed by atoms with E-state index in [1.165, 1.54) is 36.3 Å². The SMILES string of the molecule is CCCSCc1ncc(CNC2CC2)c(CC)n1. The van der Waals surface area contributed by atoms with Gasteiger partial charge in [0.05, 0.1) is 5.75 Å². The van der Waals surface area contributed by atoms with Crippen LogP contribution in [0.15, 0.2) is 6.20 Å². The van der Waals surface area contributed by atoms with Gasteiger partial charge in [-0.2, -0.15) is 11.8 Å². The molecule has 0 bridgehead atoms. The summed E-state index contributed by atoms with van der Waals surface area (Å²) in [6.45, 7) is 5.31. The molecule has 1 heterocycles. The average Bonchev–Trinajstić information content (AvgIpc) is 3.21. The zero-order valence-electron chi connectivity index (χ0n) is 11.4. The van der Waals surface area contributed by atoms with Crippen LogP contribution in [0, 0.1) is 0 Å². The van der Waals surface area contributed by atoms with Crippen molar-refractivity contribution >= 4 is 11.8 Å². The molecule has 0 radical (unpaired) electrons. The van der Waals surface area contributed by atoms with Crippen molar-refractivity contribution in [3.63, 3.8) is 0 Å². The first kappa shape index (κ1) is 13.8. The van der Waals surface area contributed by atoms with Crippen LogP contribution < -0.4 is 5.32 Å². The minimum atomic E-state index is 0.745. The fourth-order valence-corrected chi connectivity index (χ4v) is 2.61. The van der Waals surface area contributed by atoms with Crippen molar-refractivity contribution in [2.24, 2.45) is 0 Å². The Balaban J connectivity index is 1.92. The normalized spacial score (nSPS) is 15.0. The highest BCUT2D eigenvalue weighted by atomic mass is 32.2. The fourth-order valence-electron chi connectivity index (χ4n) is 1.86. The van der Waals surface area contributed by atoms with Gasteiger partial charge in [0.25, 0.3) is 0 Å². The number of hydrogen-bond acceptors (Lipinski definition) is 4. The predicted octanol–water partition coefficient (Wildman–Crippen LogP) is 2.93. The molecule has 0 aliphatic heterocycles. The van der Waals surface area contributed by atoms with E-state index < -0.39 is 0 Å². The lowest BCUT2D eigenvalue weighted by atomic mass is 10.2. The number of thioether (sulfide) groups is 1. The molecule has 0 atom stereocenters. The van der Waals surface area contributed by atoms with Crippen LogP contribution in [0.5, 0.6) is 0 Å². The molecule has 0 spiro atoms. The maximum Gasteiger partial charge on any atom is 0.138 e. The summed E-state index contributed by atoms with van der Waals surface area (Å²) in [6, 6.07) is 0.745. The Labute approximate surface area is 114 Å².